The first kappa shape index (κ1) is 21.6. The van der Waals surface area contributed by atoms with Crippen molar-refractivity contribution in [3.63, 3.8) is 0 Å². The van der Waals surface area contributed by atoms with Gasteiger partial charge in [-0.05, 0) is 44.5 Å². The van der Waals surface area contributed by atoms with Crippen LogP contribution in [0.5, 0.6) is 0 Å². The fraction of sp³-hybridized carbons (Fsp3) is 0.400. The van der Waals surface area contributed by atoms with E-state index in [1.807, 2.05) is 13.8 Å². The van der Waals surface area contributed by atoms with Crippen molar-refractivity contribution >= 4 is 35.1 Å². The zero-order valence-corrected chi connectivity index (χ0v) is 16.9. The number of anilines is 1. The number of hydrogen-bond donors (Lipinski definition) is 1. The lowest BCUT2D eigenvalue weighted by atomic mass is 10.1. The van der Waals surface area contributed by atoms with Gasteiger partial charge in [0, 0.05) is 23.1 Å². The number of Topliss-reactive ketones (excluding diaryl/α,β-unsaturated/α-hetero) is 1. The summed E-state index contributed by atoms with van der Waals surface area (Å²) in [5.41, 5.74) is 0.473. The van der Waals surface area contributed by atoms with E-state index in [-0.39, 0.29) is 24.7 Å². The Bertz CT molecular complexity index is 832. The summed E-state index contributed by atoms with van der Waals surface area (Å²) in [5.74, 6) is -0.717. The minimum Gasteiger partial charge on any atom is -0.453 e. The second kappa shape index (κ2) is 10.0. The molecule has 1 N–H and O–H groups in total. The fourth-order valence-corrected chi connectivity index (χ4v) is 2.60. The lowest BCUT2D eigenvalue weighted by Gasteiger charge is -2.17. The van der Waals surface area contributed by atoms with Crippen LogP contribution < -0.4 is 5.32 Å². The average Bonchev–Trinajstić information content (AvgIpc) is 3.14. The maximum absolute atomic E-state index is 12.3. The number of esters is 1. The highest BCUT2D eigenvalue weighted by Crippen LogP contribution is 2.17. The molecule has 0 unspecified atom stereocenters. The van der Waals surface area contributed by atoms with Crippen LogP contribution in [0.4, 0.5) is 5.82 Å². The topological polar surface area (TPSA) is 90.3 Å². The van der Waals surface area contributed by atoms with Crippen LogP contribution in [0, 0.1) is 0 Å². The first-order valence-corrected chi connectivity index (χ1v) is 9.52. The summed E-state index contributed by atoms with van der Waals surface area (Å²) in [6.45, 7) is 5.50. The lowest BCUT2D eigenvalue weighted by Crippen LogP contribution is -2.31. The number of aromatic nitrogens is 2. The van der Waals surface area contributed by atoms with Crippen molar-refractivity contribution in [2.45, 2.75) is 52.2 Å². The minimum absolute atomic E-state index is 0.00437. The van der Waals surface area contributed by atoms with Crippen molar-refractivity contribution in [3.05, 3.63) is 47.1 Å². The predicted octanol–water partition coefficient (Wildman–Crippen LogP) is 4.04. The number of hydrogen-bond acceptors (Lipinski definition) is 5. The van der Waals surface area contributed by atoms with Gasteiger partial charge in [-0.3, -0.25) is 14.4 Å². The van der Waals surface area contributed by atoms with Gasteiger partial charge in [0.2, 0.25) is 0 Å². The first-order valence-electron chi connectivity index (χ1n) is 9.14. The number of ketones is 1. The molecule has 28 heavy (non-hydrogen) atoms. The van der Waals surface area contributed by atoms with Crippen molar-refractivity contribution in [2.24, 2.45) is 0 Å². The molecule has 8 heteroatoms. The van der Waals surface area contributed by atoms with Crippen LogP contribution in [0.25, 0.3) is 0 Å². The van der Waals surface area contributed by atoms with Crippen LogP contribution in [-0.4, -0.2) is 33.5 Å². The maximum Gasteiger partial charge on any atom is 0.307 e. The van der Waals surface area contributed by atoms with E-state index in [1.54, 1.807) is 41.2 Å². The van der Waals surface area contributed by atoms with Gasteiger partial charge >= 0.3 is 5.97 Å². The SMILES string of the molecule is CC[C@H](C)n1nccc1NC(=O)[C@H](C)OC(=O)CCC(=O)c1ccc(Cl)cc1. The third-order valence-electron chi connectivity index (χ3n) is 4.33. The Hall–Kier alpha value is -2.67. The maximum atomic E-state index is 12.3. The molecule has 2 aromatic rings. The van der Waals surface area contributed by atoms with E-state index in [4.69, 9.17) is 16.3 Å². The Kier molecular flexibility index (Phi) is 7.75. The molecule has 1 amide bonds. The number of rotatable bonds is 9. The largest absolute Gasteiger partial charge is 0.453 e. The second-order valence-corrected chi connectivity index (χ2v) is 6.91. The smallest absolute Gasteiger partial charge is 0.307 e. The molecule has 7 nitrogen and oxygen atoms in total. The Morgan fingerprint density at radius 1 is 1.14 bits per heavy atom. The number of carbonyl (C=O) groups excluding carboxylic acids is 3. The van der Waals surface area contributed by atoms with Crippen LogP contribution in [-0.2, 0) is 14.3 Å². The highest BCUT2D eigenvalue weighted by molar-refractivity contribution is 6.30. The molecule has 0 radical (unpaired) electrons. The summed E-state index contributed by atoms with van der Waals surface area (Å²) < 4.78 is 6.84. The van der Waals surface area contributed by atoms with Gasteiger partial charge in [-0.2, -0.15) is 5.10 Å². The van der Waals surface area contributed by atoms with Crippen LogP contribution in [0.15, 0.2) is 36.5 Å². The van der Waals surface area contributed by atoms with Crippen LogP contribution in [0.3, 0.4) is 0 Å². The zero-order chi connectivity index (χ0) is 20.7. The first-order chi connectivity index (χ1) is 13.3. The number of benzene rings is 1. The number of halogens is 1. The van der Waals surface area contributed by atoms with E-state index < -0.39 is 18.0 Å². The molecule has 0 aliphatic carbocycles. The molecule has 150 valence electrons. The molecular weight excluding hydrogens is 382 g/mol. The van der Waals surface area contributed by atoms with Gasteiger partial charge < -0.3 is 10.1 Å². The molecule has 0 fully saturated rings. The highest BCUT2D eigenvalue weighted by atomic mass is 35.5. The Labute approximate surface area is 169 Å². The Balaban J connectivity index is 1.83. The lowest BCUT2D eigenvalue weighted by molar-refractivity contribution is -0.153. The number of nitrogens with zero attached hydrogens (tertiary/aromatic N) is 2. The highest BCUT2D eigenvalue weighted by Gasteiger charge is 2.20. The molecule has 0 saturated carbocycles. The molecule has 0 aliphatic rings. The van der Waals surface area contributed by atoms with Crippen LogP contribution >= 0.6 is 11.6 Å². The quantitative estimate of drug-likeness (QED) is 0.502. The predicted molar refractivity (Wildman–Crippen MR) is 106 cm³/mol. The van der Waals surface area contributed by atoms with E-state index in [1.165, 1.54) is 6.92 Å². The summed E-state index contributed by atoms with van der Waals surface area (Å²) in [7, 11) is 0. The molecule has 1 heterocycles. The van der Waals surface area contributed by atoms with E-state index in [0.29, 0.717) is 16.4 Å². The second-order valence-electron chi connectivity index (χ2n) is 6.47. The van der Waals surface area contributed by atoms with Crippen molar-refractivity contribution in [1.29, 1.82) is 0 Å². The van der Waals surface area contributed by atoms with Gasteiger partial charge in [0.1, 0.15) is 5.82 Å². The summed E-state index contributed by atoms with van der Waals surface area (Å²) in [4.78, 5) is 36.4. The van der Waals surface area contributed by atoms with Crippen LogP contribution in [0.1, 0.15) is 56.4 Å². The van der Waals surface area contributed by atoms with E-state index >= 15 is 0 Å². The molecule has 0 saturated heterocycles. The normalized spacial score (nSPS) is 12.9. The Morgan fingerprint density at radius 2 is 1.82 bits per heavy atom. The van der Waals surface area contributed by atoms with E-state index in [9.17, 15) is 14.4 Å². The van der Waals surface area contributed by atoms with Gasteiger partial charge in [-0.25, -0.2) is 4.68 Å². The molecule has 0 aliphatic heterocycles. The van der Waals surface area contributed by atoms with Crippen molar-refractivity contribution in [3.8, 4) is 0 Å². The van der Waals surface area contributed by atoms with Gasteiger partial charge in [-0.15, -0.1) is 0 Å². The molecule has 0 spiro atoms. The van der Waals surface area contributed by atoms with E-state index in [0.717, 1.165) is 6.42 Å². The number of ether oxygens (including phenoxy) is 1. The van der Waals surface area contributed by atoms with Crippen molar-refractivity contribution < 1.29 is 19.1 Å². The standard InChI is InChI=1S/C20H24ClN3O4/c1-4-13(2)24-18(11-12-22-24)23-20(27)14(3)28-19(26)10-9-17(25)15-5-7-16(21)8-6-15/h5-8,11-14H,4,9-10H2,1-3H3,(H,23,27)/t13-,14-/m0/s1. The number of carbonyl (C=O) groups is 3. The van der Waals surface area contributed by atoms with Gasteiger partial charge in [0.25, 0.3) is 5.91 Å². The van der Waals surface area contributed by atoms with E-state index in [2.05, 4.69) is 10.4 Å². The third-order valence-corrected chi connectivity index (χ3v) is 4.58. The van der Waals surface area contributed by atoms with Crippen molar-refractivity contribution in [2.75, 3.05) is 5.32 Å². The van der Waals surface area contributed by atoms with Gasteiger partial charge in [0.15, 0.2) is 11.9 Å². The van der Waals surface area contributed by atoms with Gasteiger partial charge in [-0.1, -0.05) is 18.5 Å². The molecule has 2 atom stereocenters. The van der Waals surface area contributed by atoms with Crippen LogP contribution in [0.2, 0.25) is 5.02 Å². The monoisotopic (exact) mass is 405 g/mol. The number of nitrogens with one attached hydrogen (secondary N) is 1. The minimum atomic E-state index is -0.988. The average molecular weight is 406 g/mol. The molecule has 1 aromatic carbocycles. The Morgan fingerprint density at radius 3 is 2.46 bits per heavy atom. The van der Waals surface area contributed by atoms with Crippen molar-refractivity contribution in [1.82, 2.24) is 9.78 Å². The summed E-state index contributed by atoms with van der Waals surface area (Å²) >= 11 is 5.79. The summed E-state index contributed by atoms with van der Waals surface area (Å²) in [5, 5.41) is 7.44. The molecule has 1 aromatic heterocycles. The summed E-state index contributed by atoms with van der Waals surface area (Å²) in [6, 6.07) is 8.25. The molecule has 2 rings (SSSR count). The summed E-state index contributed by atoms with van der Waals surface area (Å²) in [6.07, 6.45) is 1.36. The molecular formula is C20H24ClN3O4. The fourth-order valence-electron chi connectivity index (χ4n) is 2.47. The molecule has 0 bridgehead atoms. The zero-order valence-electron chi connectivity index (χ0n) is 16.1. The number of amides is 1. The third kappa shape index (κ3) is 5.92. The van der Waals surface area contributed by atoms with Gasteiger partial charge in [0.05, 0.1) is 18.7 Å².